The molecule has 0 atom stereocenters. The molecule has 1 aliphatic carbocycles. The van der Waals surface area contributed by atoms with Gasteiger partial charge in [0.05, 0.1) is 0 Å². The molecule has 0 aromatic carbocycles. The average Bonchev–Trinajstić information content (AvgIpc) is 2.82. The molecule has 0 heterocycles. The van der Waals surface area contributed by atoms with Gasteiger partial charge >= 0.3 is 0 Å². The molecule has 0 unspecified atom stereocenters. The first-order valence-electron chi connectivity index (χ1n) is 3.99. The van der Waals surface area contributed by atoms with Crippen LogP contribution in [-0.2, 0) is 0 Å². The van der Waals surface area contributed by atoms with Crippen molar-refractivity contribution in [3.05, 3.63) is 11.8 Å². The smallest absolute Gasteiger partial charge is 0.0237 e. The molecule has 0 aliphatic heterocycles. The lowest BCUT2D eigenvalue weighted by atomic mass is 10.3. The molecule has 0 bridgehead atoms. The molecule has 1 rings (SSSR count). The zero-order chi connectivity index (χ0) is 8.10. The molecule has 1 saturated carbocycles. The molecule has 1 fully saturated rings. The predicted molar refractivity (Wildman–Crippen MR) is 46.6 cm³/mol. The van der Waals surface area contributed by atoms with Crippen molar-refractivity contribution >= 4 is 6.21 Å². The van der Waals surface area contributed by atoms with Crippen LogP contribution in [0.15, 0.2) is 11.8 Å². The second-order valence-electron chi connectivity index (χ2n) is 2.92. The molecule has 1 aliphatic rings. The van der Waals surface area contributed by atoms with Gasteiger partial charge in [-0.25, -0.2) is 0 Å². The van der Waals surface area contributed by atoms with Gasteiger partial charge in [-0.3, -0.25) is 0 Å². The Morgan fingerprint density at radius 1 is 1.64 bits per heavy atom. The molecule has 3 heteroatoms. The first-order valence-corrected chi connectivity index (χ1v) is 3.99. The highest BCUT2D eigenvalue weighted by molar-refractivity contribution is 5.75. The molecule has 0 aromatic rings. The average molecular weight is 153 g/mol. The minimum absolute atomic E-state index is 0.446. The highest BCUT2D eigenvalue weighted by atomic mass is 14.8. The van der Waals surface area contributed by atoms with Gasteiger partial charge in [-0.05, 0) is 24.3 Å². The number of nitrogens with two attached hydrogens (primary N) is 1. The molecule has 0 spiro atoms. The van der Waals surface area contributed by atoms with Crippen molar-refractivity contribution in [2.45, 2.75) is 12.8 Å². The number of nitrogens with one attached hydrogen (secondary N) is 2. The van der Waals surface area contributed by atoms with Crippen molar-refractivity contribution in [3.63, 3.8) is 0 Å². The third-order valence-electron chi connectivity index (χ3n) is 1.81. The topological polar surface area (TPSA) is 61.9 Å². The molecule has 62 valence electrons. The molecule has 0 aromatic heterocycles. The maximum Gasteiger partial charge on any atom is 0.0237 e. The Labute approximate surface area is 67.2 Å². The second kappa shape index (κ2) is 4.13. The van der Waals surface area contributed by atoms with Crippen molar-refractivity contribution < 1.29 is 0 Å². The van der Waals surface area contributed by atoms with E-state index in [4.69, 9.17) is 11.1 Å². The summed E-state index contributed by atoms with van der Waals surface area (Å²) >= 11 is 0. The van der Waals surface area contributed by atoms with Gasteiger partial charge in [-0.2, -0.15) is 0 Å². The van der Waals surface area contributed by atoms with E-state index in [1.54, 1.807) is 0 Å². The Kier molecular flexibility index (Phi) is 3.11. The van der Waals surface area contributed by atoms with Gasteiger partial charge in [0.25, 0.3) is 0 Å². The molecule has 0 saturated heterocycles. The van der Waals surface area contributed by atoms with E-state index in [0.717, 1.165) is 18.0 Å². The lowest BCUT2D eigenvalue weighted by Gasteiger charge is -1.99. The van der Waals surface area contributed by atoms with Gasteiger partial charge in [0.15, 0.2) is 0 Å². The predicted octanol–water partition coefficient (Wildman–Crippen LogP) is 0.478. The fourth-order valence-corrected chi connectivity index (χ4v) is 0.838. The summed E-state index contributed by atoms with van der Waals surface area (Å²) in [6, 6.07) is 0. The largest absolute Gasteiger partial charge is 0.390 e. The van der Waals surface area contributed by atoms with E-state index in [-0.39, 0.29) is 0 Å². The summed E-state index contributed by atoms with van der Waals surface area (Å²) < 4.78 is 0. The first-order chi connectivity index (χ1) is 5.36. The van der Waals surface area contributed by atoms with Gasteiger partial charge in [0.2, 0.25) is 0 Å². The van der Waals surface area contributed by atoms with E-state index in [1.165, 1.54) is 19.1 Å². The maximum atomic E-state index is 6.95. The van der Waals surface area contributed by atoms with Crippen LogP contribution >= 0.6 is 0 Å². The van der Waals surface area contributed by atoms with E-state index in [2.05, 4.69) is 5.32 Å². The third-order valence-corrected chi connectivity index (χ3v) is 1.81. The zero-order valence-electron chi connectivity index (χ0n) is 6.64. The zero-order valence-corrected chi connectivity index (χ0v) is 6.64. The summed E-state index contributed by atoms with van der Waals surface area (Å²) in [5, 5.41) is 10.1. The number of rotatable bonds is 5. The van der Waals surface area contributed by atoms with Gasteiger partial charge < -0.3 is 16.5 Å². The van der Waals surface area contributed by atoms with Crippen LogP contribution in [0, 0.1) is 11.3 Å². The van der Waals surface area contributed by atoms with Crippen LogP contribution in [0.3, 0.4) is 0 Å². The summed E-state index contributed by atoms with van der Waals surface area (Å²) in [6.45, 7) is 1.48. The van der Waals surface area contributed by atoms with Crippen molar-refractivity contribution in [1.82, 2.24) is 5.32 Å². The van der Waals surface area contributed by atoms with Crippen molar-refractivity contribution in [2.24, 2.45) is 11.7 Å². The van der Waals surface area contributed by atoms with Crippen molar-refractivity contribution in [1.29, 1.82) is 5.41 Å². The quantitative estimate of drug-likeness (QED) is 0.503. The van der Waals surface area contributed by atoms with E-state index in [1.807, 2.05) is 6.20 Å². The minimum Gasteiger partial charge on any atom is -0.390 e. The van der Waals surface area contributed by atoms with E-state index in [9.17, 15) is 0 Å². The van der Waals surface area contributed by atoms with Crippen LogP contribution in [0.2, 0.25) is 0 Å². The fraction of sp³-hybridized carbons (Fsp3) is 0.625. The van der Waals surface area contributed by atoms with Crippen LogP contribution in [-0.4, -0.2) is 19.3 Å². The van der Waals surface area contributed by atoms with Crippen LogP contribution in [0.5, 0.6) is 0 Å². The van der Waals surface area contributed by atoms with Gasteiger partial charge in [0, 0.05) is 25.5 Å². The van der Waals surface area contributed by atoms with E-state index in [0.29, 0.717) is 6.54 Å². The molecular weight excluding hydrogens is 138 g/mol. The SMILES string of the molecule is N=C/C(=C\NCC1CC1)CN. The molecule has 4 N–H and O–H groups in total. The second-order valence-corrected chi connectivity index (χ2v) is 2.92. The Balaban J connectivity index is 2.13. The Hall–Kier alpha value is -0.830. The van der Waals surface area contributed by atoms with Gasteiger partial charge in [-0.1, -0.05) is 0 Å². The van der Waals surface area contributed by atoms with E-state index < -0.39 is 0 Å². The summed E-state index contributed by atoms with van der Waals surface area (Å²) in [5.74, 6) is 0.871. The van der Waals surface area contributed by atoms with E-state index >= 15 is 0 Å². The number of hydrogen-bond acceptors (Lipinski definition) is 3. The maximum absolute atomic E-state index is 6.95. The monoisotopic (exact) mass is 153 g/mol. The Bertz CT molecular complexity index is 159. The molecule has 0 radical (unpaired) electrons. The lowest BCUT2D eigenvalue weighted by molar-refractivity contribution is 0.744. The van der Waals surface area contributed by atoms with Crippen molar-refractivity contribution in [2.75, 3.05) is 13.1 Å². The molecular formula is C8H15N3. The molecule has 11 heavy (non-hydrogen) atoms. The van der Waals surface area contributed by atoms with Crippen LogP contribution in [0.4, 0.5) is 0 Å². The standard InChI is InChI=1S/C8H15N3/c9-3-8(4-10)6-11-5-7-1-2-7/h3,6-7,9,11H,1-2,4-5,10H2/b8-6+,9-3?. The normalized spacial score (nSPS) is 18.1. The molecule has 0 amide bonds. The van der Waals surface area contributed by atoms with Crippen molar-refractivity contribution in [3.8, 4) is 0 Å². The number of hydrogen-bond donors (Lipinski definition) is 3. The summed E-state index contributed by atoms with van der Waals surface area (Å²) in [6.07, 6.45) is 5.83. The summed E-state index contributed by atoms with van der Waals surface area (Å²) in [5.41, 5.74) is 6.21. The van der Waals surface area contributed by atoms with Crippen LogP contribution < -0.4 is 11.1 Å². The Morgan fingerprint density at radius 3 is 2.82 bits per heavy atom. The van der Waals surface area contributed by atoms with Gasteiger partial charge in [-0.15, -0.1) is 0 Å². The van der Waals surface area contributed by atoms with Gasteiger partial charge in [0.1, 0.15) is 0 Å². The van der Waals surface area contributed by atoms with Crippen LogP contribution in [0.25, 0.3) is 0 Å². The summed E-state index contributed by atoms with van der Waals surface area (Å²) in [4.78, 5) is 0. The van der Waals surface area contributed by atoms with Crippen LogP contribution in [0.1, 0.15) is 12.8 Å². The molecule has 3 nitrogen and oxygen atoms in total. The lowest BCUT2D eigenvalue weighted by Crippen LogP contribution is -2.13. The highest BCUT2D eigenvalue weighted by Crippen LogP contribution is 2.27. The minimum atomic E-state index is 0.446. The highest BCUT2D eigenvalue weighted by Gasteiger charge is 2.19. The first kappa shape index (κ1) is 8.27. The third kappa shape index (κ3) is 3.18. The fourth-order valence-electron chi connectivity index (χ4n) is 0.838. The summed E-state index contributed by atoms with van der Waals surface area (Å²) in [7, 11) is 0. The Morgan fingerprint density at radius 2 is 2.36 bits per heavy atom.